The van der Waals surface area contributed by atoms with Gasteiger partial charge >= 0.3 is 0 Å². The second kappa shape index (κ2) is 7.79. The number of carbonyl (C=O) groups excluding carboxylic acids is 1. The van der Waals surface area contributed by atoms with Crippen molar-refractivity contribution >= 4 is 23.0 Å². The first kappa shape index (κ1) is 17.0. The van der Waals surface area contributed by atoms with Crippen molar-refractivity contribution in [1.29, 1.82) is 0 Å². The highest BCUT2D eigenvalue weighted by Crippen LogP contribution is 2.22. The third-order valence-corrected chi connectivity index (χ3v) is 3.99. The van der Waals surface area contributed by atoms with E-state index in [0.29, 0.717) is 5.92 Å². The molecule has 3 aromatic rings. The topological polar surface area (TPSA) is 57.8 Å². The van der Waals surface area contributed by atoms with E-state index in [4.69, 9.17) is 0 Å². The maximum atomic E-state index is 12.4. The van der Waals surface area contributed by atoms with Crippen LogP contribution in [0.3, 0.4) is 0 Å². The van der Waals surface area contributed by atoms with Crippen LogP contribution in [0.25, 0.3) is 17.1 Å². The van der Waals surface area contributed by atoms with Gasteiger partial charge in [-0.1, -0.05) is 56.3 Å². The number of aromatic nitrogens is 2. The Hall–Kier alpha value is -2.88. The number of benzene rings is 2. The summed E-state index contributed by atoms with van der Waals surface area (Å²) in [7, 11) is 0. The van der Waals surface area contributed by atoms with Crippen LogP contribution in [0.15, 0.2) is 60.7 Å². The molecule has 2 N–H and O–H groups in total. The molecule has 3 rings (SSSR count). The summed E-state index contributed by atoms with van der Waals surface area (Å²) >= 11 is 0. The first-order valence-electron chi connectivity index (χ1n) is 8.60. The molecular weight excluding hydrogens is 310 g/mol. The van der Waals surface area contributed by atoms with E-state index < -0.39 is 0 Å². The van der Waals surface area contributed by atoms with Crippen molar-refractivity contribution in [1.82, 2.24) is 15.3 Å². The van der Waals surface area contributed by atoms with Gasteiger partial charge in [-0.05, 0) is 36.1 Å². The van der Waals surface area contributed by atoms with Crippen LogP contribution in [0.4, 0.5) is 0 Å². The van der Waals surface area contributed by atoms with Crippen molar-refractivity contribution in [2.45, 2.75) is 26.3 Å². The van der Waals surface area contributed by atoms with Crippen LogP contribution in [0.5, 0.6) is 0 Å². The molecule has 0 aliphatic heterocycles. The number of rotatable bonds is 6. The minimum Gasteiger partial charge on any atom is -0.343 e. The number of imidazole rings is 1. The van der Waals surface area contributed by atoms with Crippen molar-refractivity contribution in [3.63, 3.8) is 0 Å². The van der Waals surface area contributed by atoms with Gasteiger partial charge in [0.15, 0.2) is 0 Å². The van der Waals surface area contributed by atoms with Gasteiger partial charge in [-0.15, -0.1) is 0 Å². The van der Waals surface area contributed by atoms with Gasteiger partial charge in [-0.25, -0.2) is 4.98 Å². The molecule has 0 saturated heterocycles. The Bertz CT molecular complexity index is 832. The molecule has 0 spiro atoms. The van der Waals surface area contributed by atoms with E-state index in [9.17, 15) is 4.79 Å². The van der Waals surface area contributed by atoms with Crippen LogP contribution in [-0.2, 0) is 4.79 Å². The number of hydrogen-bond donors (Lipinski definition) is 2. The molecule has 0 aliphatic carbocycles. The number of H-pyrrole nitrogens is 1. The summed E-state index contributed by atoms with van der Waals surface area (Å²) in [6.07, 6.45) is 4.22. The number of nitrogens with one attached hydrogen (secondary N) is 2. The molecule has 0 radical (unpaired) electrons. The summed E-state index contributed by atoms with van der Waals surface area (Å²) in [6, 6.07) is 17.6. The minimum absolute atomic E-state index is 0.116. The number of hydrogen-bond acceptors (Lipinski definition) is 2. The van der Waals surface area contributed by atoms with Gasteiger partial charge in [0.05, 0.1) is 17.1 Å². The lowest BCUT2D eigenvalue weighted by atomic mass is 10.0. The van der Waals surface area contributed by atoms with Crippen molar-refractivity contribution in [2.75, 3.05) is 0 Å². The van der Waals surface area contributed by atoms with Crippen LogP contribution < -0.4 is 5.32 Å². The molecule has 1 heterocycles. The molecule has 1 unspecified atom stereocenters. The third kappa shape index (κ3) is 4.57. The van der Waals surface area contributed by atoms with Gasteiger partial charge in [0.1, 0.15) is 5.82 Å². The number of nitrogens with zero attached hydrogens (tertiary/aromatic N) is 1. The number of amides is 1. The molecule has 1 amide bonds. The van der Waals surface area contributed by atoms with E-state index in [1.54, 1.807) is 6.08 Å². The second-order valence-electron chi connectivity index (χ2n) is 6.57. The van der Waals surface area contributed by atoms with Crippen LogP contribution >= 0.6 is 0 Å². The highest BCUT2D eigenvalue weighted by atomic mass is 16.1. The molecular formula is C21H23N3O. The van der Waals surface area contributed by atoms with E-state index in [2.05, 4.69) is 29.1 Å². The van der Waals surface area contributed by atoms with Crippen molar-refractivity contribution < 1.29 is 4.79 Å². The smallest absolute Gasteiger partial charge is 0.244 e. The number of para-hydroxylation sites is 2. The Morgan fingerprint density at radius 1 is 1.12 bits per heavy atom. The Kier molecular flexibility index (Phi) is 5.29. The van der Waals surface area contributed by atoms with Gasteiger partial charge in [0.2, 0.25) is 5.91 Å². The summed E-state index contributed by atoms with van der Waals surface area (Å²) in [5, 5.41) is 3.08. The van der Waals surface area contributed by atoms with E-state index in [0.717, 1.165) is 28.8 Å². The maximum Gasteiger partial charge on any atom is 0.244 e. The van der Waals surface area contributed by atoms with Gasteiger partial charge in [-0.2, -0.15) is 0 Å². The Balaban J connectivity index is 1.76. The summed E-state index contributed by atoms with van der Waals surface area (Å²) in [4.78, 5) is 20.3. The molecule has 0 saturated carbocycles. The monoisotopic (exact) mass is 333 g/mol. The summed E-state index contributed by atoms with van der Waals surface area (Å²) in [5.41, 5.74) is 2.91. The summed E-state index contributed by atoms with van der Waals surface area (Å²) < 4.78 is 0. The Morgan fingerprint density at radius 3 is 2.56 bits per heavy atom. The van der Waals surface area contributed by atoms with Gasteiger partial charge < -0.3 is 10.3 Å². The van der Waals surface area contributed by atoms with Crippen LogP contribution in [0.2, 0.25) is 0 Å². The fraction of sp³-hybridized carbons (Fsp3) is 0.238. The Morgan fingerprint density at radius 2 is 1.84 bits per heavy atom. The standard InChI is InChI=1S/C21H23N3O/c1-15(2)14-19(21-23-17-10-6-7-11-18(17)24-21)22-20(25)13-12-16-8-4-3-5-9-16/h3-13,15,19H,14H2,1-2H3,(H,22,25)(H,23,24). The number of fused-ring (bicyclic) bond motifs is 1. The zero-order valence-corrected chi connectivity index (χ0v) is 14.6. The minimum atomic E-state index is -0.139. The molecule has 0 bridgehead atoms. The lowest BCUT2D eigenvalue weighted by Gasteiger charge is -2.17. The normalized spacial score (nSPS) is 12.8. The fourth-order valence-corrected chi connectivity index (χ4v) is 2.80. The predicted molar refractivity (Wildman–Crippen MR) is 102 cm³/mol. The Labute approximate surface area is 148 Å². The summed E-state index contributed by atoms with van der Waals surface area (Å²) in [6.45, 7) is 4.28. The average Bonchev–Trinajstić information content (AvgIpc) is 3.04. The zero-order valence-electron chi connectivity index (χ0n) is 14.6. The molecule has 2 aromatic carbocycles. The van der Waals surface area contributed by atoms with Crippen molar-refractivity contribution in [2.24, 2.45) is 5.92 Å². The van der Waals surface area contributed by atoms with E-state index >= 15 is 0 Å². The second-order valence-corrected chi connectivity index (χ2v) is 6.57. The van der Waals surface area contributed by atoms with E-state index in [1.165, 1.54) is 0 Å². The molecule has 128 valence electrons. The third-order valence-electron chi connectivity index (χ3n) is 3.99. The first-order chi connectivity index (χ1) is 12.1. The molecule has 0 aliphatic rings. The first-order valence-corrected chi connectivity index (χ1v) is 8.60. The zero-order chi connectivity index (χ0) is 17.6. The SMILES string of the molecule is CC(C)CC(NC(=O)C=Cc1ccccc1)c1nc2ccccc2[nH]1. The van der Waals surface area contributed by atoms with Crippen LogP contribution in [-0.4, -0.2) is 15.9 Å². The number of carbonyl (C=O) groups is 1. The van der Waals surface area contributed by atoms with E-state index in [1.807, 2.05) is 60.7 Å². The molecule has 0 fully saturated rings. The lowest BCUT2D eigenvalue weighted by Crippen LogP contribution is -2.28. The molecule has 1 atom stereocenters. The molecule has 25 heavy (non-hydrogen) atoms. The highest BCUT2D eigenvalue weighted by molar-refractivity contribution is 5.92. The predicted octanol–water partition coefficient (Wildman–Crippen LogP) is 4.48. The maximum absolute atomic E-state index is 12.4. The van der Waals surface area contributed by atoms with Crippen LogP contribution in [0.1, 0.15) is 37.7 Å². The average molecular weight is 333 g/mol. The lowest BCUT2D eigenvalue weighted by molar-refractivity contribution is -0.117. The quantitative estimate of drug-likeness (QED) is 0.653. The molecule has 1 aromatic heterocycles. The van der Waals surface area contributed by atoms with Crippen molar-refractivity contribution in [3.8, 4) is 0 Å². The summed E-state index contributed by atoms with van der Waals surface area (Å²) in [5.74, 6) is 1.13. The fourth-order valence-electron chi connectivity index (χ4n) is 2.80. The van der Waals surface area contributed by atoms with Gasteiger partial charge in [0, 0.05) is 6.08 Å². The van der Waals surface area contributed by atoms with Crippen LogP contribution in [0, 0.1) is 5.92 Å². The highest BCUT2D eigenvalue weighted by Gasteiger charge is 2.18. The molecule has 4 nitrogen and oxygen atoms in total. The largest absolute Gasteiger partial charge is 0.343 e. The van der Waals surface area contributed by atoms with Gasteiger partial charge in [0.25, 0.3) is 0 Å². The number of aromatic amines is 1. The van der Waals surface area contributed by atoms with Crippen molar-refractivity contribution in [3.05, 3.63) is 72.1 Å². The van der Waals surface area contributed by atoms with E-state index in [-0.39, 0.29) is 11.9 Å². The molecule has 4 heteroatoms. The van der Waals surface area contributed by atoms with Gasteiger partial charge in [-0.3, -0.25) is 4.79 Å².